The van der Waals surface area contributed by atoms with Crippen LogP contribution < -0.4 is 9.47 Å². The minimum atomic E-state index is -1.57. The molecule has 376 valence electrons. The van der Waals surface area contributed by atoms with Gasteiger partial charge in [0.05, 0.1) is 58.4 Å². The van der Waals surface area contributed by atoms with Crippen molar-refractivity contribution < 1.29 is 66.5 Å². The first kappa shape index (κ1) is 51.6. The molecule has 8 rings (SSSR count). The smallest absolute Gasteiger partial charge is 0.303 e. The van der Waals surface area contributed by atoms with Crippen molar-refractivity contribution in [3.63, 3.8) is 0 Å². The quantitative estimate of drug-likeness (QED) is 0.0225. The Bertz CT molecular complexity index is 2640. The van der Waals surface area contributed by atoms with E-state index < -0.39 is 84.2 Å². The Morgan fingerprint density at radius 1 is 0.625 bits per heavy atom. The summed E-state index contributed by atoms with van der Waals surface area (Å²) in [6.07, 6.45) is -9.16. The number of rotatable bonds is 21. The molecule has 5 aromatic carbocycles. The summed E-state index contributed by atoms with van der Waals surface area (Å²) in [5.74, 6) is -1.40. The molecule has 19 heteroatoms. The Kier molecular flexibility index (Phi) is 17.6. The molecule has 0 saturated carbocycles. The third kappa shape index (κ3) is 12.4. The third-order valence-electron chi connectivity index (χ3n) is 12.1. The number of imide groups is 1. The first-order valence-electron chi connectivity index (χ1n) is 23.2. The monoisotopic (exact) mass is 1000 g/mol. The maximum Gasteiger partial charge on any atom is 0.303 e. The molecule has 0 N–H and O–H groups in total. The van der Waals surface area contributed by atoms with Crippen LogP contribution in [0.1, 0.15) is 51.3 Å². The summed E-state index contributed by atoms with van der Waals surface area (Å²) >= 11 is 1.21. The number of benzene rings is 5. The van der Waals surface area contributed by atoms with Crippen LogP contribution >= 0.6 is 11.8 Å². The maximum absolute atomic E-state index is 14.5. The SMILES string of the molecule is COc1ccc(COC[C@H]2O[C@@H](O[C@H]3[C@H](OC(C)=O)[C@@H](N4C(=O)c5ccccc5C4=O)[C@H](Sc4ccccc4)O[C@@H]3COCc3ccc(OC)cc3)[C@H](N=[N+]=[N-])[C@@H](OCc3ccccc3)[C@@H]2OC(C)=O)cc1. The van der Waals surface area contributed by atoms with Gasteiger partial charge < -0.3 is 47.4 Å². The number of amides is 2. The van der Waals surface area contributed by atoms with Crippen molar-refractivity contribution in [2.75, 3.05) is 27.4 Å². The molecule has 0 bridgehead atoms. The largest absolute Gasteiger partial charge is 0.497 e. The van der Waals surface area contributed by atoms with E-state index in [2.05, 4.69) is 10.0 Å². The summed E-state index contributed by atoms with van der Waals surface area (Å²) < 4.78 is 62.7. The topological polar surface area (TPSA) is 213 Å². The molecule has 0 radical (unpaired) electrons. The van der Waals surface area contributed by atoms with Gasteiger partial charge >= 0.3 is 11.9 Å². The van der Waals surface area contributed by atoms with E-state index in [1.54, 1.807) is 62.8 Å². The number of methoxy groups -OCH3 is 2. The number of fused-ring (bicyclic) bond motifs is 1. The fraction of sp³-hybridized carbons (Fsp3) is 0.358. The van der Waals surface area contributed by atoms with Crippen LogP contribution in [-0.2, 0) is 67.3 Å². The molecule has 0 aliphatic carbocycles. The number of nitrogens with zero attached hydrogens (tertiary/aromatic N) is 4. The zero-order valence-electron chi connectivity index (χ0n) is 39.9. The number of hydrogen-bond acceptors (Lipinski definition) is 16. The van der Waals surface area contributed by atoms with Crippen LogP contribution in [0, 0.1) is 0 Å². The maximum atomic E-state index is 14.5. The minimum Gasteiger partial charge on any atom is -0.497 e. The Balaban J connectivity index is 1.20. The fourth-order valence-electron chi connectivity index (χ4n) is 8.79. The Hall–Kier alpha value is -6.80. The molecular formula is C53H54N4O14S. The summed E-state index contributed by atoms with van der Waals surface area (Å²) in [6, 6.07) is 36.6. The van der Waals surface area contributed by atoms with Crippen LogP contribution in [0.4, 0.5) is 0 Å². The van der Waals surface area contributed by atoms with E-state index >= 15 is 0 Å². The molecule has 72 heavy (non-hydrogen) atoms. The molecule has 5 aromatic rings. The first-order valence-corrected chi connectivity index (χ1v) is 24.0. The van der Waals surface area contributed by atoms with E-state index in [1.807, 2.05) is 84.9 Å². The zero-order valence-corrected chi connectivity index (χ0v) is 40.7. The molecule has 0 spiro atoms. The van der Waals surface area contributed by atoms with E-state index in [0.29, 0.717) is 11.5 Å². The summed E-state index contributed by atoms with van der Waals surface area (Å²) in [6.45, 7) is 2.25. The van der Waals surface area contributed by atoms with Gasteiger partial charge in [0.25, 0.3) is 11.8 Å². The fourth-order valence-corrected chi connectivity index (χ4v) is 9.99. The van der Waals surface area contributed by atoms with Crippen molar-refractivity contribution in [1.82, 2.24) is 4.90 Å². The number of hydrogen-bond donors (Lipinski definition) is 0. The lowest BCUT2D eigenvalue weighted by Gasteiger charge is -2.50. The molecular weight excluding hydrogens is 949 g/mol. The predicted octanol–water partition coefficient (Wildman–Crippen LogP) is 7.86. The van der Waals surface area contributed by atoms with Gasteiger partial charge in [-0.25, -0.2) is 0 Å². The van der Waals surface area contributed by atoms with Crippen molar-refractivity contribution in [3.05, 3.63) is 172 Å². The van der Waals surface area contributed by atoms with Crippen molar-refractivity contribution in [3.8, 4) is 11.5 Å². The lowest BCUT2D eigenvalue weighted by Crippen LogP contribution is -2.68. The van der Waals surface area contributed by atoms with E-state index in [4.69, 9.17) is 47.4 Å². The van der Waals surface area contributed by atoms with Gasteiger partial charge in [-0.1, -0.05) is 102 Å². The van der Waals surface area contributed by atoms with Crippen LogP contribution in [0.2, 0.25) is 0 Å². The van der Waals surface area contributed by atoms with Crippen molar-refractivity contribution in [2.24, 2.45) is 5.11 Å². The van der Waals surface area contributed by atoms with Gasteiger partial charge in [0.1, 0.15) is 53.4 Å². The minimum absolute atomic E-state index is 0.0164. The van der Waals surface area contributed by atoms with Gasteiger partial charge in [0, 0.05) is 23.7 Å². The van der Waals surface area contributed by atoms with Crippen molar-refractivity contribution in [2.45, 2.75) is 99.0 Å². The normalized spacial score (nSPS) is 24.7. The van der Waals surface area contributed by atoms with Gasteiger partial charge in [0.15, 0.2) is 18.5 Å². The number of ether oxygens (including phenoxy) is 10. The van der Waals surface area contributed by atoms with Crippen molar-refractivity contribution in [1.29, 1.82) is 0 Å². The molecule has 3 aliphatic rings. The molecule has 0 unspecified atom stereocenters. The molecule has 2 fully saturated rings. The molecule has 2 amide bonds. The molecule has 3 aliphatic heterocycles. The van der Waals surface area contributed by atoms with E-state index in [0.717, 1.165) is 26.5 Å². The average Bonchev–Trinajstić information content (AvgIpc) is 3.64. The van der Waals surface area contributed by atoms with Gasteiger partial charge in [0.2, 0.25) is 0 Å². The number of thioether (sulfide) groups is 1. The standard InChI is InChI=1S/C53H54N4O14S/c1-32(58)67-46-42(30-64-27-35-19-23-37(62-3)24-20-35)69-52(44(55-56-54)48(46)66-29-34-13-7-5-8-14-34)71-47-43(31-65-28-36-21-25-38(63-4)26-22-36)70-53(72-39-15-9-6-10-16-39)45(49(47)68-33(2)59)57-50(60)40-17-11-12-18-41(40)51(57)61/h5-26,42-49,52-53H,27-31H2,1-4H3/t42-,43-,44-,45-,46-,47-,48-,49-,52+,53+/m1/s1. The number of carbonyl (C=O) groups excluding carboxylic acids is 4. The van der Waals surface area contributed by atoms with Gasteiger partial charge in [-0.2, -0.15) is 0 Å². The summed E-state index contributed by atoms with van der Waals surface area (Å²) in [5, 5.41) is 4.15. The highest BCUT2D eigenvalue weighted by molar-refractivity contribution is 7.99. The lowest BCUT2D eigenvalue weighted by atomic mass is 9.94. The summed E-state index contributed by atoms with van der Waals surface area (Å²) in [4.78, 5) is 60.4. The van der Waals surface area contributed by atoms with E-state index in [9.17, 15) is 24.7 Å². The molecule has 0 aromatic heterocycles. The van der Waals surface area contributed by atoms with Crippen LogP contribution in [-0.4, -0.2) is 117 Å². The summed E-state index contributed by atoms with van der Waals surface area (Å²) in [7, 11) is 3.14. The van der Waals surface area contributed by atoms with Crippen molar-refractivity contribution >= 4 is 35.5 Å². The Labute approximate surface area is 420 Å². The average molecular weight is 1000 g/mol. The lowest BCUT2D eigenvalue weighted by molar-refractivity contribution is -0.318. The third-order valence-corrected chi connectivity index (χ3v) is 13.3. The first-order chi connectivity index (χ1) is 35.0. The van der Waals surface area contributed by atoms with Crippen LogP contribution in [0.15, 0.2) is 143 Å². The highest BCUT2D eigenvalue weighted by Gasteiger charge is 2.58. The van der Waals surface area contributed by atoms with E-state index in [1.165, 1.54) is 25.6 Å². The van der Waals surface area contributed by atoms with Crippen LogP contribution in [0.3, 0.4) is 0 Å². The Morgan fingerprint density at radius 3 is 1.65 bits per heavy atom. The van der Waals surface area contributed by atoms with Crippen LogP contribution in [0.25, 0.3) is 10.4 Å². The van der Waals surface area contributed by atoms with Gasteiger partial charge in [-0.15, -0.1) is 0 Å². The Morgan fingerprint density at radius 2 is 1.12 bits per heavy atom. The summed E-state index contributed by atoms with van der Waals surface area (Å²) in [5.41, 5.74) is 11.8. The van der Waals surface area contributed by atoms with E-state index in [-0.39, 0.29) is 44.2 Å². The molecule has 2 saturated heterocycles. The predicted molar refractivity (Wildman–Crippen MR) is 260 cm³/mol. The number of azide groups is 1. The number of carbonyl (C=O) groups is 4. The molecule has 3 heterocycles. The second-order valence-electron chi connectivity index (χ2n) is 17.0. The van der Waals surface area contributed by atoms with Gasteiger partial charge in [-0.05, 0) is 70.8 Å². The number of esters is 2. The second-order valence-corrected chi connectivity index (χ2v) is 18.1. The zero-order chi connectivity index (χ0) is 50.6. The van der Waals surface area contributed by atoms with Gasteiger partial charge in [-0.3, -0.25) is 24.1 Å². The second kappa shape index (κ2) is 24.6. The van der Waals surface area contributed by atoms with Crippen LogP contribution in [0.5, 0.6) is 11.5 Å². The molecule has 18 nitrogen and oxygen atoms in total. The molecule has 10 atom stereocenters. The highest BCUT2D eigenvalue weighted by atomic mass is 32.2. The highest BCUT2D eigenvalue weighted by Crippen LogP contribution is 2.42.